The smallest absolute Gasteiger partial charge is 0.323 e. The Bertz CT molecular complexity index is 415. The molecule has 1 heterocycles. The summed E-state index contributed by atoms with van der Waals surface area (Å²) in [6.45, 7) is -0.200. The normalized spacial score (nSPS) is 14.4. The van der Waals surface area contributed by atoms with E-state index in [9.17, 15) is 9.59 Å². The Morgan fingerprint density at radius 3 is 2.53 bits per heavy atom. The highest BCUT2D eigenvalue weighted by Crippen LogP contribution is 2.27. The third kappa shape index (κ3) is 3.27. The van der Waals surface area contributed by atoms with Gasteiger partial charge in [-0.25, -0.2) is 0 Å². The van der Waals surface area contributed by atoms with Gasteiger partial charge < -0.3 is 10.0 Å². The standard InChI is InChI=1S/C12H14N2O3/c15-11(7-9-3-5-13-6-4-9)14(8-12(16)17)10-1-2-10/h3-6,10H,1-2,7-8H2,(H,16,17). The van der Waals surface area contributed by atoms with Crippen LogP contribution >= 0.6 is 0 Å². The van der Waals surface area contributed by atoms with Crippen LogP contribution in [-0.4, -0.2) is 39.5 Å². The van der Waals surface area contributed by atoms with Crippen molar-refractivity contribution in [1.29, 1.82) is 0 Å². The second kappa shape index (κ2) is 4.95. The van der Waals surface area contributed by atoms with Gasteiger partial charge in [-0.3, -0.25) is 14.6 Å². The minimum absolute atomic E-state index is 0.124. The number of carboxylic acid groups (broad SMARTS) is 1. The number of amides is 1. The number of rotatable bonds is 5. The summed E-state index contributed by atoms with van der Waals surface area (Å²) in [5, 5.41) is 8.77. The molecule has 1 saturated carbocycles. The van der Waals surface area contributed by atoms with E-state index in [1.807, 2.05) is 0 Å². The molecule has 1 amide bonds. The zero-order valence-electron chi connectivity index (χ0n) is 9.37. The van der Waals surface area contributed by atoms with E-state index in [1.165, 1.54) is 4.90 Å². The first-order valence-electron chi connectivity index (χ1n) is 5.57. The van der Waals surface area contributed by atoms with Crippen molar-refractivity contribution >= 4 is 11.9 Å². The highest BCUT2D eigenvalue weighted by Gasteiger charge is 2.33. The van der Waals surface area contributed by atoms with Crippen LogP contribution in [0.4, 0.5) is 0 Å². The fourth-order valence-electron chi connectivity index (χ4n) is 1.73. The summed E-state index contributed by atoms with van der Waals surface area (Å²) in [5.41, 5.74) is 0.862. The fourth-order valence-corrected chi connectivity index (χ4v) is 1.73. The molecule has 2 rings (SSSR count). The van der Waals surface area contributed by atoms with Crippen LogP contribution in [0, 0.1) is 0 Å². The molecule has 0 aliphatic heterocycles. The van der Waals surface area contributed by atoms with E-state index >= 15 is 0 Å². The molecule has 0 saturated heterocycles. The lowest BCUT2D eigenvalue weighted by Crippen LogP contribution is -2.38. The first-order valence-corrected chi connectivity index (χ1v) is 5.57. The molecule has 1 aliphatic carbocycles. The first-order chi connectivity index (χ1) is 8.16. The molecule has 1 aromatic rings. The zero-order valence-corrected chi connectivity index (χ0v) is 9.37. The summed E-state index contributed by atoms with van der Waals surface area (Å²) in [5.74, 6) is -1.08. The van der Waals surface area contributed by atoms with Crippen molar-refractivity contribution in [3.05, 3.63) is 30.1 Å². The lowest BCUT2D eigenvalue weighted by Gasteiger charge is -2.20. The molecule has 90 valence electrons. The summed E-state index contributed by atoms with van der Waals surface area (Å²) < 4.78 is 0. The lowest BCUT2D eigenvalue weighted by molar-refractivity contribution is -0.144. The van der Waals surface area contributed by atoms with Gasteiger partial charge in [0.05, 0.1) is 6.42 Å². The molecule has 0 aromatic carbocycles. The maximum Gasteiger partial charge on any atom is 0.323 e. The number of hydrogen-bond donors (Lipinski definition) is 1. The summed E-state index contributed by atoms with van der Waals surface area (Å²) >= 11 is 0. The molecule has 5 nitrogen and oxygen atoms in total. The van der Waals surface area contributed by atoms with Crippen molar-refractivity contribution in [1.82, 2.24) is 9.88 Å². The average Bonchev–Trinajstić information content (AvgIpc) is 3.10. The second-order valence-electron chi connectivity index (χ2n) is 4.18. The van der Waals surface area contributed by atoms with Crippen LogP contribution in [0.1, 0.15) is 18.4 Å². The van der Waals surface area contributed by atoms with E-state index in [4.69, 9.17) is 5.11 Å². The molecule has 1 aliphatic rings. The van der Waals surface area contributed by atoms with Crippen LogP contribution in [0.15, 0.2) is 24.5 Å². The third-order valence-electron chi connectivity index (χ3n) is 2.72. The summed E-state index contributed by atoms with van der Waals surface area (Å²) in [6, 6.07) is 3.66. The lowest BCUT2D eigenvalue weighted by atomic mass is 10.2. The van der Waals surface area contributed by atoms with Gasteiger partial charge in [-0.1, -0.05) is 0 Å². The highest BCUT2D eigenvalue weighted by molar-refractivity contribution is 5.83. The molecule has 0 unspecified atom stereocenters. The minimum Gasteiger partial charge on any atom is -0.480 e. The molecule has 0 bridgehead atoms. The number of aliphatic carboxylic acids is 1. The van der Waals surface area contributed by atoms with Crippen molar-refractivity contribution in [3.8, 4) is 0 Å². The average molecular weight is 234 g/mol. The van der Waals surface area contributed by atoms with E-state index in [0.717, 1.165) is 18.4 Å². The molecule has 1 aromatic heterocycles. The fraction of sp³-hybridized carbons (Fsp3) is 0.417. The van der Waals surface area contributed by atoms with Gasteiger partial charge in [-0.05, 0) is 30.5 Å². The Kier molecular flexibility index (Phi) is 3.37. The quantitative estimate of drug-likeness (QED) is 0.814. The van der Waals surface area contributed by atoms with Gasteiger partial charge in [-0.2, -0.15) is 0 Å². The van der Waals surface area contributed by atoms with Crippen LogP contribution < -0.4 is 0 Å². The van der Waals surface area contributed by atoms with Crippen LogP contribution in [0.2, 0.25) is 0 Å². The summed E-state index contributed by atoms with van der Waals surface area (Å²) in [4.78, 5) is 28.0. The highest BCUT2D eigenvalue weighted by atomic mass is 16.4. The van der Waals surface area contributed by atoms with E-state index in [-0.39, 0.29) is 24.9 Å². The number of carbonyl (C=O) groups is 2. The second-order valence-corrected chi connectivity index (χ2v) is 4.18. The van der Waals surface area contributed by atoms with Gasteiger partial charge in [0.15, 0.2) is 0 Å². The molecule has 5 heteroatoms. The van der Waals surface area contributed by atoms with Crippen LogP contribution in [0.25, 0.3) is 0 Å². The molecular weight excluding hydrogens is 220 g/mol. The maximum absolute atomic E-state index is 12.0. The van der Waals surface area contributed by atoms with Gasteiger partial charge >= 0.3 is 5.97 Å². The summed E-state index contributed by atoms with van der Waals surface area (Å²) in [6.07, 6.45) is 5.32. The topological polar surface area (TPSA) is 70.5 Å². The van der Waals surface area contributed by atoms with Crippen molar-refractivity contribution in [2.24, 2.45) is 0 Å². The van der Waals surface area contributed by atoms with Crippen LogP contribution in [-0.2, 0) is 16.0 Å². The predicted octanol–water partition coefficient (Wildman–Crippen LogP) is 0.700. The van der Waals surface area contributed by atoms with E-state index in [1.54, 1.807) is 24.5 Å². The number of hydrogen-bond acceptors (Lipinski definition) is 3. The zero-order chi connectivity index (χ0) is 12.3. The monoisotopic (exact) mass is 234 g/mol. The number of carboxylic acids is 1. The van der Waals surface area contributed by atoms with Crippen molar-refractivity contribution in [2.45, 2.75) is 25.3 Å². The largest absolute Gasteiger partial charge is 0.480 e. The summed E-state index contributed by atoms with van der Waals surface area (Å²) in [7, 11) is 0. The van der Waals surface area contributed by atoms with Gasteiger partial charge in [0.2, 0.25) is 5.91 Å². The number of nitrogens with zero attached hydrogens (tertiary/aromatic N) is 2. The van der Waals surface area contributed by atoms with E-state index < -0.39 is 5.97 Å². The molecule has 1 N–H and O–H groups in total. The number of carbonyl (C=O) groups excluding carboxylic acids is 1. The van der Waals surface area contributed by atoms with Crippen molar-refractivity contribution < 1.29 is 14.7 Å². The third-order valence-corrected chi connectivity index (χ3v) is 2.72. The number of aromatic nitrogens is 1. The number of pyridine rings is 1. The minimum atomic E-state index is -0.958. The van der Waals surface area contributed by atoms with Gasteiger partial charge in [0, 0.05) is 18.4 Å². The predicted molar refractivity (Wildman–Crippen MR) is 60.3 cm³/mol. The molecule has 0 radical (unpaired) electrons. The Hall–Kier alpha value is -1.91. The van der Waals surface area contributed by atoms with Crippen LogP contribution in [0.3, 0.4) is 0 Å². The SMILES string of the molecule is O=C(O)CN(C(=O)Cc1ccncc1)C1CC1. The molecule has 0 atom stereocenters. The Morgan fingerprint density at radius 1 is 1.35 bits per heavy atom. The van der Waals surface area contributed by atoms with Crippen molar-refractivity contribution in [3.63, 3.8) is 0 Å². The Morgan fingerprint density at radius 2 is 2.00 bits per heavy atom. The van der Waals surface area contributed by atoms with Gasteiger partial charge in [-0.15, -0.1) is 0 Å². The Balaban J connectivity index is 1.99. The Labute approximate surface area is 99.1 Å². The van der Waals surface area contributed by atoms with E-state index in [0.29, 0.717) is 0 Å². The van der Waals surface area contributed by atoms with Gasteiger partial charge in [0.25, 0.3) is 0 Å². The molecule has 17 heavy (non-hydrogen) atoms. The van der Waals surface area contributed by atoms with Gasteiger partial charge in [0.1, 0.15) is 6.54 Å². The maximum atomic E-state index is 12.0. The molecule has 0 spiro atoms. The first kappa shape index (κ1) is 11.6. The molecule has 1 fully saturated rings. The molecular formula is C12H14N2O3. The van der Waals surface area contributed by atoms with Crippen molar-refractivity contribution in [2.75, 3.05) is 6.54 Å². The van der Waals surface area contributed by atoms with Crippen LogP contribution in [0.5, 0.6) is 0 Å². The van der Waals surface area contributed by atoms with E-state index in [2.05, 4.69) is 4.98 Å².